The highest BCUT2D eigenvalue weighted by Crippen LogP contribution is 2.12. The minimum atomic E-state index is -0.124. The van der Waals surface area contributed by atoms with Gasteiger partial charge in [-0.05, 0) is 17.7 Å². The molecule has 0 aliphatic rings. The van der Waals surface area contributed by atoms with Gasteiger partial charge in [0.2, 0.25) is 0 Å². The summed E-state index contributed by atoms with van der Waals surface area (Å²) in [5.74, 6) is 0.674. The summed E-state index contributed by atoms with van der Waals surface area (Å²) in [5.41, 5.74) is 1.72. The van der Waals surface area contributed by atoms with Gasteiger partial charge in [-0.15, -0.1) is 0 Å². The van der Waals surface area contributed by atoms with Gasteiger partial charge in [0, 0.05) is 37.2 Å². The molecule has 2 N–H and O–H groups in total. The average molecular weight is 352 g/mol. The Kier molecular flexibility index (Phi) is 6.10. The molecule has 1 aromatic carbocycles. The Labute approximate surface area is 131 Å². The van der Waals surface area contributed by atoms with Crippen molar-refractivity contribution >= 4 is 15.9 Å². The van der Waals surface area contributed by atoms with Crippen LogP contribution in [0.15, 0.2) is 39.6 Å². The predicted molar refractivity (Wildman–Crippen MR) is 85.4 cm³/mol. The molecule has 0 aliphatic carbocycles. The lowest BCUT2D eigenvalue weighted by Crippen LogP contribution is -2.22. The highest BCUT2D eigenvalue weighted by molar-refractivity contribution is 9.10. The fourth-order valence-electron chi connectivity index (χ4n) is 1.92. The van der Waals surface area contributed by atoms with Gasteiger partial charge in [0.15, 0.2) is 0 Å². The molecule has 112 valence electrons. The van der Waals surface area contributed by atoms with Crippen molar-refractivity contribution < 1.29 is 4.74 Å². The second-order valence-corrected chi connectivity index (χ2v) is 5.57. The van der Waals surface area contributed by atoms with Gasteiger partial charge >= 0.3 is 0 Å². The topological polar surface area (TPSA) is 67.0 Å². The van der Waals surface area contributed by atoms with Crippen LogP contribution in [-0.2, 0) is 17.7 Å². The monoisotopic (exact) mass is 351 g/mol. The summed E-state index contributed by atoms with van der Waals surface area (Å²) in [4.78, 5) is 18.9. The zero-order valence-electron chi connectivity index (χ0n) is 11.9. The van der Waals surface area contributed by atoms with E-state index in [-0.39, 0.29) is 5.56 Å². The van der Waals surface area contributed by atoms with Gasteiger partial charge in [0.25, 0.3) is 5.56 Å². The van der Waals surface area contributed by atoms with Crippen molar-refractivity contribution in [1.82, 2.24) is 15.3 Å². The number of methoxy groups -OCH3 is 1. The van der Waals surface area contributed by atoms with Crippen molar-refractivity contribution in [3.63, 3.8) is 0 Å². The molecule has 5 nitrogen and oxygen atoms in total. The van der Waals surface area contributed by atoms with Gasteiger partial charge in [-0.1, -0.05) is 28.1 Å². The van der Waals surface area contributed by atoms with Crippen LogP contribution >= 0.6 is 15.9 Å². The van der Waals surface area contributed by atoms with E-state index in [9.17, 15) is 4.79 Å². The van der Waals surface area contributed by atoms with Crippen molar-refractivity contribution in [1.29, 1.82) is 0 Å². The summed E-state index contributed by atoms with van der Waals surface area (Å²) in [7, 11) is 1.66. The molecule has 2 rings (SSSR count). The quantitative estimate of drug-likeness (QED) is 0.747. The Morgan fingerprint density at radius 3 is 2.81 bits per heavy atom. The number of nitrogens with zero attached hydrogens (tertiary/aromatic N) is 1. The van der Waals surface area contributed by atoms with Gasteiger partial charge in [-0.2, -0.15) is 0 Å². The fraction of sp³-hybridized carbons (Fsp3) is 0.333. The molecule has 0 amide bonds. The number of hydrogen-bond acceptors (Lipinski definition) is 4. The smallest absolute Gasteiger partial charge is 0.251 e. The van der Waals surface area contributed by atoms with Crippen LogP contribution in [0.5, 0.6) is 0 Å². The number of aromatic nitrogens is 2. The minimum absolute atomic E-state index is 0.124. The number of H-pyrrole nitrogens is 1. The third kappa shape index (κ3) is 5.41. The minimum Gasteiger partial charge on any atom is -0.383 e. The Bertz CT molecular complexity index is 626. The number of benzene rings is 1. The third-order valence-corrected chi connectivity index (χ3v) is 3.45. The second-order valence-electron chi connectivity index (χ2n) is 4.66. The third-order valence-electron chi connectivity index (χ3n) is 2.92. The van der Waals surface area contributed by atoms with E-state index >= 15 is 0 Å². The number of hydrogen-bond donors (Lipinski definition) is 2. The van der Waals surface area contributed by atoms with E-state index in [0.717, 1.165) is 22.3 Å². The number of nitrogens with one attached hydrogen (secondary N) is 2. The molecule has 0 fully saturated rings. The summed E-state index contributed by atoms with van der Waals surface area (Å²) >= 11 is 3.40. The van der Waals surface area contributed by atoms with E-state index in [1.54, 1.807) is 7.11 Å². The van der Waals surface area contributed by atoms with Crippen molar-refractivity contribution in [2.24, 2.45) is 0 Å². The van der Waals surface area contributed by atoms with Crippen LogP contribution in [0.1, 0.15) is 17.1 Å². The molecule has 1 heterocycles. The molecular formula is C15H18BrN3O2. The maximum absolute atomic E-state index is 11.7. The number of rotatable bonds is 7. The Hall–Kier alpha value is -1.50. The normalized spacial score (nSPS) is 10.8. The molecule has 0 radical (unpaired) electrons. The lowest BCUT2D eigenvalue weighted by molar-refractivity contribution is 0.199. The molecule has 0 spiro atoms. The molecule has 0 atom stereocenters. The zero-order chi connectivity index (χ0) is 15.1. The molecule has 6 heteroatoms. The molecule has 21 heavy (non-hydrogen) atoms. The predicted octanol–water partition coefficient (Wildman–Crippen LogP) is 1.86. The van der Waals surface area contributed by atoms with Gasteiger partial charge in [-0.25, -0.2) is 4.98 Å². The van der Waals surface area contributed by atoms with Gasteiger partial charge in [0.05, 0.1) is 12.3 Å². The largest absolute Gasteiger partial charge is 0.383 e. The summed E-state index contributed by atoms with van der Waals surface area (Å²) < 4.78 is 5.99. The first-order valence-electron chi connectivity index (χ1n) is 6.70. The van der Waals surface area contributed by atoms with Crippen LogP contribution in [0.4, 0.5) is 0 Å². The Morgan fingerprint density at radius 1 is 1.33 bits per heavy atom. The standard InChI is InChI=1S/C15H18BrN3O2/c1-21-7-6-17-10-13-9-15(20)19-14(18-13)8-11-2-4-12(16)5-3-11/h2-5,9,17H,6-8,10H2,1H3,(H,18,19,20). The second kappa shape index (κ2) is 8.07. The van der Waals surface area contributed by atoms with Crippen molar-refractivity contribution in [2.45, 2.75) is 13.0 Å². The first-order chi connectivity index (χ1) is 10.2. The fourth-order valence-corrected chi connectivity index (χ4v) is 2.19. The number of ether oxygens (including phenoxy) is 1. The van der Waals surface area contributed by atoms with E-state index < -0.39 is 0 Å². The molecule has 0 saturated carbocycles. The highest BCUT2D eigenvalue weighted by atomic mass is 79.9. The zero-order valence-corrected chi connectivity index (χ0v) is 13.4. The van der Waals surface area contributed by atoms with Gasteiger partial charge in [-0.3, -0.25) is 4.79 Å². The summed E-state index contributed by atoms with van der Waals surface area (Å²) in [6.45, 7) is 1.92. The van der Waals surface area contributed by atoms with Crippen molar-refractivity contribution in [2.75, 3.05) is 20.3 Å². The van der Waals surface area contributed by atoms with Gasteiger partial charge < -0.3 is 15.0 Å². The Morgan fingerprint density at radius 2 is 2.10 bits per heavy atom. The van der Waals surface area contributed by atoms with E-state index in [2.05, 4.69) is 31.2 Å². The summed E-state index contributed by atoms with van der Waals surface area (Å²) in [6.07, 6.45) is 0.606. The SMILES string of the molecule is COCCNCc1cc(=O)[nH]c(Cc2ccc(Br)cc2)n1. The molecule has 0 aliphatic heterocycles. The van der Waals surface area contributed by atoms with Crippen molar-refractivity contribution in [3.05, 3.63) is 62.2 Å². The first-order valence-corrected chi connectivity index (χ1v) is 7.50. The van der Waals surface area contributed by atoms with Crippen LogP contribution in [0, 0.1) is 0 Å². The number of halogens is 1. The van der Waals surface area contributed by atoms with E-state index in [1.807, 2.05) is 24.3 Å². The van der Waals surface area contributed by atoms with Crippen LogP contribution in [0.2, 0.25) is 0 Å². The molecule has 1 aromatic heterocycles. The Balaban J connectivity index is 2.04. The molecule has 2 aromatic rings. The van der Waals surface area contributed by atoms with E-state index in [4.69, 9.17) is 4.74 Å². The maximum atomic E-state index is 11.7. The number of aromatic amines is 1. The van der Waals surface area contributed by atoms with Crippen molar-refractivity contribution in [3.8, 4) is 0 Å². The summed E-state index contributed by atoms with van der Waals surface area (Å²) in [5, 5.41) is 3.18. The summed E-state index contributed by atoms with van der Waals surface area (Å²) in [6, 6.07) is 9.49. The lowest BCUT2D eigenvalue weighted by Gasteiger charge is -2.06. The lowest BCUT2D eigenvalue weighted by atomic mass is 10.1. The van der Waals surface area contributed by atoms with Gasteiger partial charge in [0.1, 0.15) is 5.82 Å². The molecular weight excluding hydrogens is 334 g/mol. The van der Waals surface area contributed by atoms with Crippen LogP contribution in [0.25, 0.3) is 0 Å². The van der Waals surface area contributed by atoms with Crippen LogP contribution in [0.3, 0.4) is 0 Å². The molecule has 0 saturated heterocycles. The maximum Gasteiger partial charge on any atom is 0.251 e. The molecule has 0 unspecified atom stereocenters. The van der Waals surface area contributed by atoms with E-state index in [0.29, 0.717) is 25.4 Å². The highest BCUT2D eigenvalue weighted by Gasteiger charge is 2.03. The average Bonchev–Trinajstić information content (AvgIpc) is 2.46. The van der Waals surface area contributed by atoms with Crippen LogP contribution < -0.4 is 10.9 Å². The first kappa shape index (κ1) is 15.9. The van der Waals surface area contributed by atoms with Crippen LogP contribution in [-0.4, -0.2) is 30.2 Å². The molecule has 0 bridgehead atoms. The van der Waals surface area contributed by atoms with E-state index in [1.165, 1.54) is 6.07 Å².